The van der Waals surface area contributed by atoms with Crippen LogP contribution in [0.3, 0.4) is 0 Å². The number of fused-ring (bicyclic) bond motifs is 1. The van der Waals surface area contributed by atoms with Crippen molar-refractivity contribution in [2.24, 2.45) is 17.8 Å². The Morgan fingerprint density at radius 3 is 2.37 bits per heavy atom. The van der Waals surface area contributed by atoms with Crippen LogP contribution in [0.15, 0.2) is 19.0 Å². The maximum absolute atomic E-state index is 13.4. The molecule has 16 nitrogen and oxygen atoms in total. The number of aliphatic hydroxyl groups is 3. The topological polar surface area (TPSA) is 232 Å². The average Bonchev–Trinajstić information content (AvgIpc) is 3.82. The molecule has 0 bridgehead atoms. The molecule has 17 heteroatoms. The van der Waals surface area contributed by atoms with Gasteiger partial charge in [0.05, 0.1) is 25.1 Å². The first-order valence-corrected chi connectivity index (χ1v) is 24.1. The molecule has 2 aliphatic rings. The molecule has 0 aliphatic carbocycles. The van der Waals surface area contributed by atoms with Crippen LogP contribution in [0.4, 0.5) is 5.82 Å². The molecule has 7 N–H and O–H groups in total. The molecule has 4 heterocycles. The van der Waals surface area contributed by atoms with Gasteiger partial charge in [0.2, 0.25) is 23.6 Å². The molecule has 0 saturated carbocycles. The van der Waals surface area contributed by atoms with Crippen LogP contribution >= 0.6 is 22.6 Å². The number of halogens is 1. The van der Waals surface area contributed by atoms with Crippen molar-refractivity contribution in [1.29, 1.82) is 0 Å². The molecular formula is C45H73IN8O8. The molecule has 0 radical (unpaired) electrons. The van der Waals surface area contributed by atoms with Crippen molar-refractivity contribution < 1.29 is 39.2 Å². The molecule has 0 aromatic carbocycles. The lowest BCUT2D eigenvalue weighted by Crippen LogP contribution is -2.66. The Bertz CT molecular complexity index is 1760. The van der Waals surface area contributed by atoms with E-state index in [-0.39, 0.29) is 45.9 Å². The van der Waals surface area contributed by atoms with Gasteiger partial charge < -0.3 is 41.0 Å². The van der Waals surface area contributed by atoms with Crippen LogP contribution in [0.25, 0.3) is 11.2 Å². The van der Waals surface area contributed by atoms with Crippen LogP contribution in [-0.2, 0) is 23.9 Å². The number of ether oxygens (including phenoxy) is 1. The molecule has 2 aromatic heterocycles. The summed E-state index contributed by atoms with van der Waals surface area (Å²) in [5, 5.41) is 40.5. The summed E-state index contributed by atoms with van der Waals surface area (Å²) in [7, 11) is 0. The lowest BCUT2D eigenvalue weighted by molar-refractivity contribution is -0.185. The third-order valence-corrected chi connectivity index (χ3v) is 15.2. The second-order valence-electron chi connectivity index (χ2n) is 17.6. The SMILES string of the molecule is C=CCCC(I)(C(C)CC)C1CC(=O)N(CCCCCCCCCCC(=O)NCC(=O)N[C@@H]2[C@@H](O)[C@H](O)[C@@H](Nc3ncnc4nc(C(CCCC)C(C)C)[nH]c34)O[C@H]2CO)C1=O. The Balaban J connectivity index is 1.11. The second-order valence-corrected chi connectivity index (χ2v) is 19.6. The average molecular weight is 981 g/mol. The zero-order valence-electron chi connectivity index (χ0n) is 37.5. The number of hydrogen-bond donors (Lipinski definition) is 7. The maximum Gasteiger partial charge on any atom is 0.239 e. The smallest absolute Gasteiger partial charge is 0.239 e. The number of aromatic nitrogens is 4. The number of carbonyl (C=O) groups is 4. The number of rotatable bonds is 28. The number of aromatic amines is 1. The van der Waals surface area contributed by atoms with E-state index in [1.807, 2.05) is 6.08 Å². The number of imidazole rings is 1. The summed E-state index contributed by atoms with van der Waals surface area (Å²) in [6.07, 6.45) is 11.6. The lowest BCUT2D eigenvalue weighted by atomic mass is 9.77. The Morgan fingerprint density at radius 1 is 1.03 bits per heavy atom. The van der Waals surface area contributed by atoms with Crippen molar-refractivity contribution >= 4 is 63.2 Å². The van der Waals surface area contributed by atoms with E-state index < -0.39 is 43.1 Å². The van der Waals surface area contributed by atoms with E-state index in [1.165, 1.54) is 11.2 Å². The third-order valence-electron chi connectivity index (χ3n) is 12.8. The fourth-order valence-corrected chi connectivity index (χ4v) is 9.97. The van der Waals surface area contributed by atoms with Gasteiger partial charge in [-0.3, -0.25) is 24.1 Å². The Hall–Kier alpha value is -3.26. The predicted octanol–water partition coefficient (Wildman–Crippen LogP) is 5.81. The van der Waals surface area contributed by atoms with Gasteiger partial charge in [-0.25, -0.2) is 15.0 Å². The number of nitrogens with one attached hydrogen (secondary N) is 4. The van der Waals surface area contributed by atoms with E-state index in [2.05, 4.69) is 94.7 Å². The molecule has 62 heavy (non-hydrogen) atoms. The summed E-state index contributed by atoms with van der Waals surface area (Å²) >= 11 is 2.44. The molecule has 2 saturated heterocycles. The molecule has 2 aromatic rings. The van der Waals surface area contributed by atoms with Crippen molar-refractivity contribution in [2.45, 2.75) is 177 Å². The molecule has 4 unspecified atom stereocenters. The monoisotopic (exact) mass is 980 g/mol. The lowest BCUT2D eigenvalue weighted by Gasteiger charge is -2.42. The summed E-state index contributed by atoms with van der Waals surface area (Å²) in [6, 6.07) is -1.15. The fraction of sp³-hybridized carbons (Fsp3) is 0.756. The highest BCUT2D eigenvalue weighted by Gasteiger charge is 2.51. The number of aliphatic hydroxyl groups excluding tert-OH is 3. The number of H-pyrrole nitrogens is 1. The number of allylic oxidation sites excluding steroid dienone is 1. The largest absolute Gasteiger partial charge is 0.394 e. The van der Waals surface area contributed by atoms with Gasteiger partial charge >= 0.3 is 0 Å². The minimum Gasteiger partial charge on any atom is -0.394 e. The first-order valence-electron chi connectivity index (χ1n) is 23.0. The zero-order chi connectivity index (χ0) is 45.4. The zero-order valence-corrected chi connectivity index (χ0v) is 39.7. The molecule has 2 fully saturated rings. The molecule has 348 valence electrons. The third kappa shape index (κ3) is 13.6. The van der Waals surface area contributed by atoms with Crippen LogP contribution in [-0.4, -0.2) is 117 Å². The first-order chi connectivity index (χ1) is 29.7. The van der Waals surface area contributed by atoms with E-state index >= 15 is 0 Å². The summed E-state index contributed by atoms with van der Waals surface area (Å²) in [5.74, 6) is 0.739. The number of hydrogen-bond acceptors (Lipinski definition) is 12. The van der Waals surface area contributed by atoms with E-state index in [4.69, 9.17) is 9.72 Å². The Morgan fingerprint density at radius 2 is 1.73 bits per heavy atom. The molecule has 9 atom stereocenters. The van der Waals surface area contributed by atoms with Gasteiger partial charge in [0.15, 0.2) is 17.7 Å². The van der Waals surface area contributed by atoms with Gasteiger partial charge in [-0.2, -0.15) is 0 Å². The maximum atomic E-state index is 13.4. The van der Waals surface area contributed by atoms with Crippen molar-refractivity contribution in [3.8, 4) is 0 Å². The number of imide groups is 1. The Kier molecular flexibility index (Phi) is 21.0. The Labute approximate surface area is 381 Å². The molecule has 4 amide bonds. The normalized spacial score (nSPS) is 23.7. The van der Waals surface area contributed by atoms with E-state index in [1.54, 1.807) is 0 Å². The summed E-state index contributed by atoms with van der Waals surface area (Å²) in [6.45, 7) is 14.2. The number of nitrogens with zero attached hydrogens (tertiary/aromatic N) is 4. The fourth-order valence-electron chi connectivity index (χ4n) is 8.74. The van der Waals surface area contributed by atoms with Gasteiger partial charge in [-0.05, 0) is 43.9 Å². The summed E-state index contributed by atoms with van der Waals surface area (Å²) < 4.78 is 5.68. The molecule has 2 aliphatic heterocycles. The van der Waals surface area contributed by atoms with Gasteiger partial charge in [-0.15, -0.1) is 6.58 Å². The molecule has 4 rings (SSSR count). The highest BCUT2D eigenvalue weighted by atomic mass is 127. The van der Waals surface area contributed by atoms with E-state index in [0.717, 1.165) is 89.3 Å². The number of anilines is 1. The minimum atomic E-state index is -1.51. The van der Waals surface area contributed by atoms with Crippen LogP contribution in [0, 0.1) is 17.8 Å². The van der Waals surface area contributed by atoms with Crippen molar-refractivity contribution in [1.82, 2.24) is 35.5 Å². The quantitative estimate of drug-likeness (QED) is 0.0176. The van der Waals surface area contributed by atoms with Crippen molar-refractivity contribution in [3.63, 3.8) is 0 Å². The van der Waals surface area contributed by atoms with Gasteiger partial charge in [0.25, 0.3) is 0 Å². The predicted molar refractivity (Wildman–Crippen MR) is 247 cm³/mol. The van der Waals surface area contributed by atoms with Gasteiger partial charge in [0, 0.05) is 28.7 Å². The molecular weight excluding hydrogens is 907 g/mol. The highest BCUT2D eigenvalue weighted by molar-refractivity contribution is 14.1. The number of unbranched alkanes of at least 4 members (excludes halogenated alkanes) is 8. The molecule has 0 spiro atoms. The number of likely N-dealkylation sites (tertiary alicyclic amines) is 1. The van der Waals surface area contributed by atoms with Crippen LogP contribution in [0.1, 0.15) is 149 Å². The van der Waals surface area contributed by atoms with E-state index in [9.17, 15) is 34.5 Å². The summed E-state index contributed by atoms with van der Waals surface area (Å²) in [4.78, 5) is 69.8. The van der Waals surface area contributed by atoms with Crippen LogP contribution < -0.4 is 16.0 Å². The first kappa shape index (κ1) is 51.4. The number of alkyl halides is 1. The number of carbonyl (C=O) groups excluding carboxylic acids is 4. The van der Waals surface area contributed by atoms with Crippen molar-refractivity contribution in [2.75, 3.05) is 25.0 Å². The van der Waals surface area contributed by atoms with Crippen LogP contribution in [0.2, 0.25) is 0 Å². The summed E-state index contributed by atoms with van der Waals surface area (Å²) in [5.41, 5.74) is 0.969. The number of amides is 4. The van der Waals surface area contributed by atoms with Crippen LogP contribution in [0.5, 0.6) is 0 Å². The van der Waals surface area contributed by atoms with Gasteiger partial charge in [-0.1, -0.05) is 121 Å². The van der Waals surface area contributed by atoms with Gasteiger partial charge in [0.1, 0.15) is 36.0 Å². The highest BCUT2D eigenvalue weighted by Crippen LogP contribution is 2.47. The standard InChI is InChI=1S/C45H73IN8O8/c1-7-10-20-30(28(4)5)40-51-37-41(52-40)48-27-49-42(37)53-43-39(60)38(59)36(32(26-55)62-43)50-34(57)25-47-33(56)21-18-16-14-12-13-15-17-19-23-54-35(58)24-31(44(54)61)45(46,22-11-8-2)29(6)9-3/h8,27-32,36,38-39,43,55,59-60H,2,7,9-26H2,1,3-6H3,(H,47,56)(H,50,57)(H2,48,49,51,52,53)/t29?,30?,31?,32-,36-,38+,39-,43-,45?/m0/s1. The van der Waals surface area contributed by atoms with E-state index in [0.29, 0.717) is 48.2 Å². The second kappa shape index (κ2) is 25.3. The van der Waals surface area contributed by atoms with Crippen molar-refractivity contribution in [3.05, 3.63) is 24.8 Å². The minimum absolute atomic E-state index is 0.0173.